The van der Waals surface area contributed by atoms with Crippen molar-refractivity contribution in [1.82, 2.24) is 10.3 Å². The third kappa shape index (κ3) is 4.17. The van der Waals surface area contributed by atoms with Gasteiger partial charge in [-0.05, 0) is 12.8 Å². The number of ketones is 1. The Morgan fingerprint density at radius 2 is 2.36 bits per heavy atom. The summed E-state index contributed by atoms with van der Waals surface area (Å²) < 4.78 is 0. The van der Waals surface area contributed by atoms with Gasteiger partial charge in [0, 0.05) is 25.6 Å². The van der Waals surface area contributed by atoms with Crippen molar-refractivity contribution in [3.63, 3.8) is 0 Å². The Hall–Kier alpha value is -0.450. The zero-order chi connectivity index (χ0) is 10.4. The van der Waals surface area contributed by atoms with Gasteiger partial charge >= 0.3 is 0 Å². The monoisotopic (exact) mass is 199 g/mol. The lowest BCUT2D eigenvalue weighted by molar-refractivity contribution is -0.116. The Labute approximate surface area is 85.8 Å². The number of Topliss-reactive ketones (excluding diaryl/α,β-unsaturated/α-hetero) is 1. The number of hydrogen-bond acceptors (Lipinski definition) is 4. The summed E-state index contributed by atoms with van der Waals surface area (Å²) in [4.78, 5) is 11.0. The lowest BCUT2D eigenvalue weighted by atomic mass is 10.1. The maximum absolute atomic E-state index is 11.0. The van der Waals surface area contributed by atoms with Crippen molar-refractivity contribution >= 4 is 5.78 Å². The van der Waals surface area contributed by atoms with E-state index in [1.165, 1.54) is 6.42 Å². The van der Waals surface area contributed by atoms with Gasteiger partial charge in [0.1, 0.15) is 5.78 Å². The minimum atomic E-state index is 0.326. The molecule has 1 unspecified atom stereocenters. The molecule has 14 heavy (non-hydrogen) atoms. The summed E-state index contributed by atoms with van der Waals surface area (Å²) in [6.07, 6.45) is 3.98. The van der Waals surface area contributed by atoms with Crippen LogP contribution in [-0.4, -0.2) is 36.5 Å². The largest absolute Gasteiger partial charge is 0.307 e. The first-order valence-corrected chi connectivity index (χ1v) is 5.47. The molecule has 0 bridgehead atoms. The molecule has 4 nitrogen and oxygen atoms in total. The van der Waals surface area contributed by atoms with Gasteiger partial charge in [-0.1, -0.05) is 13.3 Å². The number of hydrogen-bond donors (Lipinski definition) is 2. The molecule has 1 aliphatic heterocycles. The first-order chi connectivity index (χ1) is 6.72. The summed E-state index contributed by atoms with van der Waals surface area (Å²) in [6, 6.07) is 0.357. The highest BCUT2D eigenvalue weighted by Gasteiger charge is 2.20. The van der Waals surface area contributed by atoms with Crippen LogP contribution in [0.4, 0.5) is 0 Å². The van der Waals surface area contributed by atoms with E-state index in [-0.39, 0.29) is 0 Å². The third-order valence-corrected chi connectivity index (χ3v) is 2.63. The minimum absolute atomic E-state index is 0.326. The fourth-order valence-corrected chi connectivity index (χ4v) is 1.68. The lowest BCUT2D eigenvalue weighted by Crippen LogP contribution is -2.36. The fourth-order valence-electron chi connectivity index (χ4n) is 1.68. The average Bonchev–Trinajstić information content (AvgIpc) is 2.58. The molecular formula is C10H21N3O. The molecule has 0 aromatic heterocycles. The van der Waals surface area contributed by atoms with E-state index in [1.54, 1.807) is 0 Å². The van der Waals surface area contributed by atoms with Crippen molar-refractivity contribution in [3.05, 3.63) is 0 Å². The van der Waals surface area contributed by atoms with Crippen LogP contribution in [0.1, 0.15) is 32.6 Å². The van der Waals surface area contributed by atoms with E-state index >= 15 is 0 Å². The van der Waals surface area contributed by atoms with Crippen LogP contribution in [0.25, 0.3) is 0 Å². The van der Waals surface area contributed by atoms with E-state index in [0.717, 1.165) is 25.9 Å². The zero-order valence-electron chi connectivity index (χ0n) is 8.96. The summed E-state index contributed by atoms with van der Waals surface area (Å²) in [5, 5.41) is 5.04. The molecule has 0 aromatic rings. The molecule has 0 aromatic carbocycles. The first-order valence-electron chi connectivity index (χ1n) is 5.47. The molecule has 1 fully saturated rings. The molecule has 1 rings (SSSR count). The Morgan fingerprint density at radius 3 is 2.93 bits per heavy atom. The maximum atomic E-state index is 11.0. The van der Waals surface area contributed by atoms with E-state index in [0.29, 0.717) is 24.8 Å². The topological polar surface area (TPSA) is 58.4 Å². The standard InChI is InChI=1S/C10H21N3O/c1-2-3-5-13(11)6-4-9-7-10(14)8-12-9/h9,12H,2-8,11H2,1H3. The molecule has 3 N–H and O–H groups in total. The molecule has 4 heteroatoms. The number of hydrazine groups is 1. The summed E-state index contributed by atoms with van der Waals surface area (Å²) in [5.41, 5.74) is 0. The van der Waals surface area contributed by atoms with E-state index in [2.05, 4.69) is 12.2 Å². The molecule has 82 valence electrons. The van der Waals surface area contributed by atoms with Crippen molar-refractivity contribution in [1.29, 1.82) is 0 Å². The van der Waals surface area contributed by atoms with Gasteiger partial charge in [-0.25, -0.2) is 5.01 Å². The molecule has 1 aliphatic rings. The fraction of sp³-hybridized carbons (Fsp3) is 0.900. The van der Waals surface area contributed by atoms with Crippen LogP contribution >= 0.6 is 0 Å². The highest BCUT2D eigenvalue weighted by atomic mass is 16.1. The first kappa shape index (κ1) is 11.6. The van der Waals surface area contributed by atoms with Gasteiger partial charge in [-0.3, -0.25) is 10.6 Å². The predicted octanol–water partition coefficient (Wildman–Crippen LogP) is 0.283. The van der Waals surface area contributed by atoms with Gasteiger partial charge in [0.25, 0.3) is 0 Å². The molecule has 1 saturated heterocycles. The van der Waals surface area contributed by atoms with Gasteiger partial charge in [-0.2, -0.15) is 0 Å². The minimum Gasteiger partial charge on any atom is -0.307 e. The number of carbonyl (C=O) groups is 1. The van der Waals surface area contributed by atoms with Crippen LogP contribution in [0.5, 0.6) is 0 Å². The molecule has 0 spiro atoms. The Bertz CT molecular complexity index is 184. The Morgan fingerprint density at radius 1 is 1.57 bits per heavy atom. The second-order valence-electron chi connectivity index (χ2n) is 4.00. The van der Waals surface area contributed by atoms with Crippen LogP contribution in [0, 0.1) is 0 Å². The van der Waals surface area contributed by atoms with E-state index in [9.17, 15) is 4.79 Å². The second-order valence-corrected chi connectivity index (χ2v) is 4.00. The van der Waals surface area contributed by atoms with Crippen LogP contribution in [0.3, 0.4) is 0 Å². The van der Waals surface area contributed by atoms with Crippen LogP contribution in [0.15, 0.2) is 0 Å². The predicted molar refractivity (Wildman–Crippen MR) is 56.7 cm³/mol. The van der Waals surface area contributed by atoms with Crippen molar-refractivity contribution in [2.45, 2.75) is 38.6 Å². The van der Waals surface area contributed by atoms with Crippen molar-refractivity contribution in [3.8, 4) is 0 Å². The number of carbonyl (C=O) groups excluding carboxylic acids is 1. The van der Waals surface area contributed by atoms with Gasteiger partial charge in [0.2, 0.25) is 0 Å². The summed E-state index contributed by atoms with van der Waals surface area (Å²) in [5.74, 6) is 6.12. The van der Waals surface area contributed by atoms with E-state index < -0.39 is 0 Å². The smallest absolute Gasteiger partial charge is 0.148 e. The Kier molecular flexibility index (Phi) is 5.07. The van der Waals surface area contributed by atoms with Crippen LogP contribution in [0.2, 0.25) is 0 Å². The van der Waals surface area contributed by atoms with Crippen molar-refractivity contribution in [2.75, 3.05) is 19.6 Å². The number of nitrogens with one attached hydrogen (secondary N) is 1. The molecular weight excluding hydrogens is 178 g/mol. The van der Waals surface area contributed by atoms with Gasteiger partial charge in [0.15, 0.2) is 0 Å². The molecule has 1 atom stereocenters. The number of nitrogens with two attached hydrogens (primary N) is 1. The van der Waals surface area contributed by atoms with Crippen molar-refractivity contribution in [2.24, 2.45) is 5.84 Å². The van der Waals surface area contributed by atoms with Crippen LogP contribution < -0.4 is 11.2 Å². The molecule has 0 saturated carbocycles. The number of unbranched alkanes of at least 4 members (excludes halogenated alkanes) is 1. The second kappa shape index (κ2) is 6.11. The highest BCUT2D eigenvalue weighted by Crippen LogP contribution is 2.06. The molecule has 0 amide bonds. The Balaban J connectivity index is 2.05. The van der Waals surface area contributed by atoms with Gasteiger partial charge < -0.3 is 5.32 Å². The zero-order valence-corrected chi connectivity index (χ0v) is 8.96. The summed E-state index contributed by atoms with van der Waals surface area (Å²) >= 11 is 0. The summed E-state index contributed by atoms with van der Waals surface area (Å²) in [6.45, 7) is 4.54. The quantitative estimate of drug-likeness (QED) is 0.476. The van der Waals surface area contributed by atoms with Gasteiger partial charge in [0.05, 0.1) is 6.54 Å². The van der Waals surface area contributed by atoms with E-state index in [4.69, 9.17) is 5.84 Å². The summed E-state index contributed by atoms with van der Waals surface area (Å²) in [7, 11) is 0. The van der Waals surface area contributed by atoms with Gasteiger partial charge in [-0.15, -0.1) is 0 Å². The van der Waals surface area contributed by atoms with Crippen LogP contribution in [-0.2, 0) is 4.79 Å². The van der Waals surface area contributed by atoms with Crippen molar-refractivity contribution < 1.29 is 4.79 Å². The molecule has 0 aliphatic carbocycles. The lowest BCUT2D eigenvalue weighted by Gasteiger charge is -2.17. The SMILES string of the molecule is CCCCN(N)CCC1CC(=O)CN1. The maximum Gasteiger partial charge on any atom is 0.148 e. The molecule has 0 radical (unpaired) electrons. The third-order valence-electron chi connectivity index (χ3n) is 2.63. The normalized spacial score (nSPS) is 22.2. The number of rotatable bonds is 6. The number of nitrogens with zero attached hydrogens (tertiary/aromatic N) is 1. The van der Waals surface area contributed by atoms with E-state index in [1.807, 2.05) is 5.01 Å². The average molecular weight is 199 g/mol. The highest BCUT2D eigenvalue weighted by molar-refractivity contribution is 5.83. The molecule has 1 heterocycles.